The van der Waals surface area contributed by atoms with E-state index in [1.165, 1.54) is 32.3 Å². The molecule has 32 heavy (non-hydrogen) atoms. The first kappa shape index (κ1) is 22.0. The maximum atomic E-state index is 13.3. The van der Waals surface area contributed by atoms with Crippen molar-refractivity contribution in [1.29, 1.82) is 0 Å². The van der Waals surface area contributed by atoms with Crippen LogP contribution in [0.25, 0.3) is 5.69 Å². The number of urea groups is 1. The Bertz CT molecular complexity index is 1240. The molecule has 1 N–H and O–H groups in total. The lowest BCUT2D eigenvalue weighted by atomic mass is 10.1. The van der Waals surface area contributed by atoms with Crippen molar-refractivity contribution in [3.05, 3.63) is 71.8 Å². The minimum Gasteiger partial charge on any atom is -0.334 e. The minimum atomic E-state index is -3.55. The lowest BCUT2D eigenvalue weighted by Gasteiger charge is -2.27. The number of aromatic nitrogens is 2. The number of amides is 2. The van der Waals surface area contributed by atoms with Crippen molar-refractivity contribution < 1.29 is 17.6 Å². The molecule has 168 valence electrons. The number of carbonyl (C=O) groups excluding carboxylic acids is 1. The lowest BCUT2D eigenvalue weighted by molar-refractivity contribution is 0.245. The summed E-state index contributed by atoms with van der Waals surface area (Å²) in [6.07, 6.45) is 3.16. The summed E-state index contributed by atoms with van der Waals surface area (Å²) in [4.78, 5) is 14.7. The molecule has 0 fully saturated rings. The van der Waals surface area contributed by atoms with Gasteiger partial charge < -0.3 is 5.32 Å². The van der Waals surface area contributed by atoms with Gasteiger partial charge in [0, 0.05) is 27.2 Å². The summed E-state index contributed by atoms with van der Waals surface area (Å²) in [5, 5.41) is 7.27. The Labute approximate surface area is 186 Å². The Kier molecular flexibility index (Phi) is 5.98. The van der Waals surface area contributed by atoms with Gasteiger partial charge in [0.05, 0.1) is 28.2 Å². The van der Waals surface area contributed by atoms with Crippen LogP contribution in [0.2, 0.25) is 0 Å². The second-order valence-corrected chi connectivity index (χ2v) is 9.87. The number of nitrogens with zero attached hydrogens (tertiary/aromatic N) is 4. The van der Waals surface area contributed by atoms with E-state index in [1.807, 2.05) is 0 Å². The van der Waals surface area contributed by atoms with Gasteiger partial charge in [-0.25, -0.2) is 26.6 Å². The van der Waals surface area contributed by atoms with E-state index in [0.717, 1.165) is 28.5 Å². The maximum Gasteiger partial charge on any atom is 0.322 e. The van der Waals surface area contributed by atoms with Crippen LogP contribution in [0.5, 0.6) is 0 Å². The molecule has 0 radical (unpaired) electrons. The molecule has 1 aliphatic rings. The second kappa shape index (κ2) is 8.71. The molecule has 0 atom stereocenters. The van der Waals surface area contributed by atoms with Gasteiger partial charge in [-0.2, -0.15) is 5.10 Å². The molecule has 1 aliphatic heterocycles. The first-order valence-electron chi connectivity index (χ1n) is 10.2. The molecule has 0 saturated carbocycles. The van der Waals surface area contributed by atoms with Crippen molar-refractivity contribution >= 4 is 21.7 Å². The van der Waals surface area contributed by atoms with E-state index >= 15 is 0 Å². The van der Waals surface area contributed by atoms with Crippen LogP contribution in [0.15, 0.2) is 59.6 Å². The number of nitrogens with one attached hydrogen (secondary N) is 1. The van der Waals surface area contributed by atoms with E-state index in [1.54, 1.807) is 46.1 Å². The SMILES string of the molecule is CN(C)S(=O)(=O)c1cccc(CNC(=O)N2CCCc3c2cnn3-c2ccc(F)cc2)c1. The highest BCUT2D eigenvalue weighted by atomic mass is 32.2. The van der Waals surface area contributed by atoms with Crippen LogP contribution in [0.4, 0.5) is 14.9 Å². The van der Waals surface area contributed by atoms with E-state index in [4.69, 9.17) is 0 Å². The highest BCUT2D eigenvalue weighted by Crippen LogP contribution is 2.29. The van der Waals surface area contributed by atoms with Gasteiger partial charge in [-0.3, -0.25) is 4.90 Å². The zero-order chi connectivity index (χ0) is 22.9. The molecule has 4 rings (SSSR count). The summed E-state index contributed by atoms with van der Waals surface area (Å²) < 4.78 is 40.8. The molecule has 2 heterocycles. The number of halogens is 1. The molecule has 0 unspecified atom stereocenters. The zero-order valence-electron chi connectivity index (χ0n) is 17.8. The predicted molar refractivity (Wildman–Crippen MR) is 119 cm³/mol. The predicted octanol–water partition coefficient (Wildman–Crippen LogP) is 2.92. The Morgan fingerprint density at radius 3 is 2.66 bits per heavy atom. The van der Waals surface area contributed by atoms with E-state index in [0.29, 0.717) is 17.8 Å². The number of benzene rings is 2. The third-order valence-electron chi connectivity index (χ3n) is 5.37. The van der Waals surface area contributed by atoms with Gasteiger partial charge in [0.1, 0.15) is 5.82 Å². The van der Waals surface area contributed by atoms with Gasteiger partial charge in [-0.1, -0.05) is 12.1 Å². The number of fused-ring (bicyclic) bond motifs is 1. The maximum absolute atomic E-state index is 13.3. The van der Waals surface area contributed by atoms with Crippen molar-refractivity contribution in [2.45, 2.75) is 24.3 Å². The third-order valence-corrected chi connectivity index (χ3v) is 7.18. The Hall–Kier alpha value is -3.24. The van der Waals surface area contributed by atoms with E-state index in [-0.39, 0.29) is 23.3 Å². The zero-order valence-corrected chi connectivity index (χ0v) is 18.6. The van der Waals surface area contributed by atoms with Gasteiger partial charge in [0.15, 0.2) is 0 Å². The van der Waals surface area contributed by atoms with Crippen LogP contribution in [0, 0.1) is 5.82 Å². The van der Waals surface area contributed by atoms with Gasteiger partial charge in [0.25, 0.3) is 0 Å². The van der Waals surface area contributed by atoms with Crippen molar-refractivity contribution in [1.82, 2.24) is 19.4 Å². The topological polar surface area (TPSA) is 87.5 Å². The average Bonchev–Trinajstić information content (AvgIpc) is 3.22. The normalized spacial score (nSPS) is 13.8. The first-order valence-corrected chi connectivity index (χ1v) is 11.6. The Morgan fingerprint density at radius 1 is 1.19 bits per heavy atom. The molecule has 0 bridgehead atoms. The monoisotopic (exact) mass is 457 g/mol. The molecule has 1 aromatic heterocycles. The van der Waals surface area contributed by atoms with Crippen LogP contribution >= 0.6 is 0 Å². The van der Waals surface area contributed by atoms with E-state index in [2.05, 4.69) is 10.4 Å². The molecule has 10 heteroatoms. The van der Waals surface area contributed by atoms with Gasteiger partial charge >= 0.3 is 6.03 Å². The minimum absolute atomic E-state index is 0.176. The summed E-state index contributed by atoms with van der Waals surface area (Å²) >= 11 is 0. The second-order valence-electron chi connectivity index (χ2n) is 7.71. The fourth-order valence-electron chi connectivity index (χ4n) is 3.67. The number of carbonyl (C=O) groups is 1. The molecule has 3 aromatic rings. The Morgan fingerprint density at radius 2 is 1.94 bits per heavy atom. The summed E-state index contributed by atoms with van der Waals surface area (Å²) in [7, 11) is -0.597. The van der Waals surface area contributed by atoms with Crippen molar-refractivity contribution in [3.8, 4) is 5.69 Å². The molecule has 2 aromatic carbocycles. The molecular formula is C22H24FN5O3S. The van der Waals surface area contributed by atoms with Crippen LogP contribution in [0.3, 0.4) is 0 Å². The molecule has 0 aliphatic carbocycles. The smallest absolute Gasteiger partial charge is 0.322 e. The molecule has 0 spiro atoms. The molecular weight excluding hydrogens is 433 g/mol. The average molecular weight is 458 g/mol. The quantitative estimate of drug-likeness (QED) is 0.638. The Balaban J connectivity index is 1.50. The third kappa shape index (κ3) is 4.23. The lowest BCUT2D eigenvalue weighted by Crippen LogP contribution is -2.42. The van der Waals surface area contributed by atoms with Crippen LogP contribution < -0.4 is 10.2 Å². The first-order chi connectivity index (χ1) is 15.3. The summed E-state index contributed by atoms with van der Waals surface area (Å²) in [6, 6.07) is 12.3. The summed E-state index contributed by atoms with van der Waals surface area (Å²) in [5.41, 5.74) is 3.01. The van der Waals surface area contributed by atoms with Crippen LogP contribution in [-0.4, -0.2) is 49.2 Å². The largest absolute Gasteiger partial charge is 0.334 e. The standard InChI is InChI=1S/C22H24FN5O3S/c1-26(2)32(30,31)19-6-3-5-16(13-19)14-24-22(29)27-12-4-7-20-21(27)15-25-28(20)18-10-8-17(23)9-11-18/h3,5-6,8-11,13,15H,4,7,12,14H2,1-2H3,(H,24,29). The number of sulfonamides is 1. The van der Waals surface area contributed by atoms with Gasteiger partial charge in [-0.15, -0.1) is 0 Å². The number of hydrogen-bond donors (Lipinski definition) is 1. The summed E-state index contributed by atoms with van der Waals surface area (Å²) in [5.74, 6) is -0.321. The highest BCUT2D eigenvalue weighted by molar-refractivity contribution is 7.89. The summed E-state index contributed by atoms with van der Waals surface area (Å²) in [6.45, 7) is 0.733. The van der Waals surface area contributed by atoms with Gasteiger partial charge in [0.2, 0.25) is 10.0 Å². The van der Waals surface area contributed by atoms with Crippen molar-refractivity contribution in [3.63, 3.8) is 0 Å². The molecule has 8 nitrogen and oxygen atoms in total. The van der Waals surface area contributed by atoms with Crippen molar-refractivity contribution in [2.24, 2.45) is 0 Å². The van der Waals surface area contributed by atoms with Crippen molar-refractivity contribution in [2.75, 3.05) is 25.5 Å². The fraction of sp³-hybridized carbons (Fsp3) is 0.273. The fourth-order valence-corrected chi connectivity index (χ4v) is 4.64. The van der Waals surface area contributed by atoms with E-state index < -0.39 is 10.0 Å². The van der Waals surface area contributed by atoms with Crippen LogP contribution in [0.1, 0.15) is 17.7 Å². The number of anilines is 1. The van der Waals surface area contributed by atoms with E-state index in [9.17, 15) is 17.6 Å². The van der Waals surface area contributed by atoms with Gasteiger partial charge in [-0.05, 0) is 54.8 Å². The molecule has 0 saturated heterocycles. The number of rotatable bonds is 5. The number of hydrogen-bond acceptors (Lipinski definition) is 4. The van der Waals surface area contributed by atoms with Crippen LogP contribution in [-0.2, 0) is 23.0 Å². The highest BCUT2D eigenvalue weighted by Gasteiger charge is 2.26. The molecule has 2 amide bonds.